The molecule has 0 spiro atoms. The van der Waals surface area contributed by atoms with Crippen LogP contribution < -0.4 is 5.73 Å². The van der Waals surface area contributed by atoms with Gasteiger partial charge in [-0.25, -0.2) is 0 Å². The Balaban J connectivity index is 1.53. The van der Waals surface area contributed by atoms with Crippen LogP contribution in [0.3, 0.4) is 0 Å². The van der Waals surface area contributed by atoms with Crippen molar-refractivity contribution in [2.45, 2.75) is 90.4 Å². The molecule has 2 N–H and O–H groups in total. The Morgan fingerprint density at radius 3 is 2.23 bits per heavy atom. The predicted octanol–water partition coefficient (Wildman–Crippen LogP) is 9.92. The maximum atomic E-state index is 6.35. The number of rotatable bonds is 9. The quantitative estimate of drug-likeness (QED) is 0.113. The van der Waals surface area contributed by atoms with Gasteiger partial charge < -0.3 is 10.2 Å². The van der Waals surface area contributed by atoms with Crippen molar-refractivity contribution in [1.29, 1.82) is 0 Å². The van der Waals surface area contributed by atoms with Crippen molar-refractivity contribution in [2.24, 2.45) is 0 Å². The molecule has 1 unspecified atom stereocenters. The van der Waals surface area contributed by atoms with Gasteiger partial charge in [0.15, 0.2) is 0 Å². The fourth-order valence-corrected chi connectivity index (χ4v) is 6.59. The lowest BCUT2D eigenvalue weighted by atomic mass is 9.75. The average Bonchev–Trinajstić information content (AvgIpc) is 3.48. The van der Waals surface area contributed by atoms with E-state index in [1.165, 1.54) is 69.9 Å². The summed E-state index contributed by atoms with van der Waals surface area (Å²) in [7, 11) is 0. The number of hydrogen-bond acceptors (Lipinski definition) is 4. The molecular formula is C34H40IN3O. The number of nitrogen functional groups attached to an aromatic ring is 1. The molecule has 1 heterocycles. The predicted molar refractivity (Wildman–Crippen MR) is 171 cm³/mol. The number of nitrogens with two attached hydrogens (primary N) is 1. The highest BCUT2D eigenvalue weighted by Crippen LogP contribution is 2.55. The van der Waals surface area contributed by atoms with Gasteiger partial charge in [0, 0.05) is 25.8 Å². The molecule has 0 fully saturated rings. The number of benzene rings is 3. The highest BCUT2D eigenvalue weighted by Gasteiger charge is 2.41. The Morgan fingerprint density at radius 1 is 0.821 bits per heavy atom. The minimum Gasteiger partial charge on any atom is -0.416 e. The zero-order valence-corrected chi connectivity index (χ0v) is 26.1. The van der Waals surface area contributed by atoms with Gasteiger partial charge >= 0.3 is 0 Å². The second-order valence-corrected chi connectivity index (χ2v) is 13.5. The van der Waals surface area contributed by atoms with E-state index in [2.05, 4.69) is 116 Å². The van der Waals surface area contributed by atoms with Gasteiger partial charge in [-0.1, -0.05) is 91.3 Å². The summed E-state index contributed by atoms with van der Waals surface area (Å²) in [5, 5.41) is 9.01. The van der Waals surface area contributed by atoms with E-state index in [1.807, 2.05) is 6.07 Å². The first-order chi connectivity index (χ1) is 18.6. The van der Waals surface area contributed by atoms with E-state index in [4.69, 9.17) is 10.2 Å². The fourth-order valence-electron chi connectivity index (χ4n) is 5.97. The third-order valence-corrected chi connectivity index (χ3v) is 8.91. The van der Waals surface area contributed by atoms with Crippen LogP contribution in [0.4, 0.5) is 5.69 Å². The molecule has 0 aliphatic heterocycles. The monoisotopic (exact) mass is 633 g/mol. The molecule has 4 aromatic rings. The molecule has 5 rings (SSSR count). The molecule has 39 heavy (non-hydrogen) atoms. The first-order valence-electron chi connectivity index (χ1n) is 14.3. The number of nitrogens with zero attached hydrogens (tertiary/aromatic N) is 2. The van der Waals surface area contributed by atoms with Crippen LogP contribution >= 0.6 is 22.6 Å². The maximum Gasteiger partial charge on any atom is 0.248 e. The highest BCUT2D eigenvalue weighted by atomic mass is 127. The van der Waals surface area contributed by atoms with Crippen LogP contribution in [0.1, 0.15) is 96.3 Å². The molecule has 0 saturated carbocycles. The van der Waals surface area contributed by atoms with Gasteiger partial charge in [0.2, 0.25) is 11.8 Å². The number of aromatic nitrogens is 2. The van der Waals surface area contributed by atoms with Gasteiger partial charge in [-0.2, -0.15) is 0 Å². The molecule has 5 heteroatoms. The molecule has 204 valence electrons. The first-order valence-corrected chi connectivity index (χ1v) is 15.4. The van der Waals surface area contributed by atoms with E-state index < -0.39 is 0 Å². The molecule has 3 aromatic carbocycles. The van der Waals surface area contributed by atoms with Gasteiger partial charge in [-0.15, -0.1) is 10.2 Å². The number of unbranched alkanes of at least 4 members (excludes halogenated alkanes) is 5. The Hall–Kier alpha value is -2.67. The van der Waals surface area contributed by atoms with E-state index in [1.54, 1.807) is 0 Å². The lowest BCUT2D eigenvalue weighted by Crippen LogP contribution is -2.21. The van der Waals surface area contributed by atoms with Gasteiger partial charge in [0.05, 0.1) is 0 Å². The molecule has 4 nitrogen and oxygen atoms in total. The van der Waals surface area contributed by atoms with Crippen LogP contribution in [0.25, 0.3) is 34.0 Å². The number of halogens is 1. The highest BCUT2D eigenvalue weighted by molar-refractivity contribution is 14.1. The van der Waals surface area contributed by atoms with E-state index in [9.17, 15) is 0 Å². The van der Waals surface area contributed by atoms with E-state index in [0.29, 0.717) is 11.8 Å². The van der Waals surface area contributed by atoms with E-state index >= 15 is 0 Å². The van der Waals surface area contributed by atoms with Crippen molar-refractivity contribution in [2.75, 3.05) is 5.73 Å². The lowest BCUT2D eigenvalue weighted by Gasteiger charge is -2.28. The molecule has 0 amide bonds. The molecule has 0 bridgehead atoms. The van der Waals surface area contributed by atoms with Gasteiger partial charge in [-0.05, 0) is 98.6 Å². The SMILES string of the molecule is CCCCCCCCC1(C)c2cc(N)ccc2-c2c(-c3nnc(-c4ccc(C(C)(C)C)cc4)o3)cc(I)cc21. The summed E-state index contributed by atoms with van der Waals surface area (Å²) >= 11 is 2.42. The lowest BCUT2D eigenvalue weighted by molar-refractivity contribution is 0.480. The van der Waals surface area contributed by atoms with Crippen LogP contribution in [0.15, 0.2) is 59.0 Å². The Bertz CT molecular complexity index is 1470. The summed E-state index contributed by atoms with van der Waals surface area (Å²) in [4.78, 5) is 0. The maximum absolute atomic E-state index is 6.35. The Morgan fingerprint density at radius 2 is 1.51 bits per heavy atom. The summed E-state index contributed by atoms with van der Waals surface area (Å²) in [6.45, 7) is 11.3. The standard InChI is InChI=1S/C34H40IN3O/c1-6-7-8-9-10-11-18-34(5)28-21-25(36)16-17-26(28)30-27(19-24(35)20-29(30)34)32-38-37-31(39-32)22-12-14-23(15-13-22)33(2,3)4/h12-17,19-21H,6-11,18,36H2,1-5H3. The first kappa shape index (κ1) is 27.9. The summed E-state index contributed by atoms with van der Waals surface area (Å²) in [5.74, 6) is 1.11. The summed E-state index contributed by atoms with van der Waals surface area (Å²) < 4.78 is 7.53. The van der Waals surface area contributed by atoms with Crippen LogP contribution in [0, 0.1) is 3.57 Å². The smallest absolute Gasteiger partial charge is 0.248 e. The van der Waals surface area contributed by atoms with Crippen molar-refractivity contribution in [3.05, 3.63) is 74.9 Å². The molecule has 1 atom stereocenters. The topological polar surface area (TPSA) is 64.9 Å². The van der Waals surface area contributed by atoms with E-state index in [0.717, 1.165) is 23.2 Å². The van der Waals surface area contributed by atoms with Gasteiger partial charge in [-0.3, -0.25) is 0 Å². The Labute approximate surface area is 247 Å². The van der Waals surface area contributed by atoms with Crippen molar-refractivity contribution < 1.29 is 4.42 Å². The number of hydrogen-bond donors (Lipinski definition) is 1. The molecule has 0 radical (unpaired) electrons. The zero-order valence-electron chi connectivity index (χ0n) is 23.9. The molecule has 1 aliphatic rings. The fraction of sp³-hybridized carbons (Fsp3) is 0.412. The number of anilines is 1. The third-order valence-electron chi connectivity index (χ3n) is 8.29. The van der Waals surface area contributed by atoms with Gasteiger partial charge in [0.1, 0.15) is 0 Å². The van der Waals surface area contributed by atoms with Crippen molar-refractivity contribution >= 4 is 28.3 Å². The van der Waals surface area contributed by atoms with Crippen molar-refractivity contribution in [1.82, 2.24) is 10.2 Å². The van der Waals surface area contributed by atoms with Crippen molar-refractivity contribution in [3.63, 3.8) is 0 Å². The number of fused-ring (bicyclic) bond motifs is 3. The van der Waals surface area contributed by atoms with Crippen LogP contribution in [-0.2, 0) is 10.8 Å². The van der Waals surface area contributed by atoms with Crippen molar-refractivity contribution in [3.8, 4) is 34.0 Å². The van der Waals surface area contributed by atoms with Gasteiger partial charge in [0.25, 0.3) is 0 Å². The second kappa shape index (κ2) is 11.1. The van der Waals surface area contributed by atoms with Crippen LogP contribution in [-0.4, -0.2) is 10.2 Å². The third kappa shape index (κ3) is 5.52. The molecule has 1 aromatic heterocycles. The summed E-state index contributed by atoms with van der Waals surface area (Å²) in [6, 6.07) is 19.3. The molecule has 0 saturated heterocycles. The summed E-state index contributed by atoms with van der Waals surface area (Å²) in [5.41, 5.74) is 15.4. The normalized spacial score (nSPS) is 16.4. The largest absolute Gasteiger partial charge is 0.416 e. The average molecular weight is 634 g/mol. The molecule has 1 aliphatic carbocycles. The van der Waals surface area contributed by atoms with Crippen LogP contribution in [0.5, 0.6) is 0 Å². The van der Waals surface area contributed by atoms with Crippen LogP contribution in [0.2, 0.25) is 0 Å². The minimum atomic E-state index is -0.105. The summed E-state index contributed by atoms with van der Waals surface area (Å²) in [6.07, 6.45) is 8.79. The second-order valence-electron chi connectivity index (χ2n) is 12.3. The van der Waals surface area contributed by atoms with E-state index in [-0.39, 0.29) is 10.8 Å². The molecular weight excluding hydrogens is 593 g/mol. The Kier molecular flexibility index (Phi) is 7.91. The minimum absolute atomic E-state index is 0.0960. The zero-order chi connectivity index (χ0) is 27.8.